The number of aromatic nitrogens is 1. The van der Waals surface area contributed by atoms with Crippen LogP contribution in [0.3, 0.4) is 0 Å². The molecule has 0 radical (unpaired) electrons. The number of sulfonamides is 1. The van der Waals surface area contributed by atoms with Gasteiger partial charge in [0.15, 0.2) is 0 Å². The first-order valence-electron chi connectivity index (χ1n) is 18.8. The Kier molecular flexibility index (Phi) is 12.9. The summed E-state index contributed by atoms with van der Waals surface area (Å²) in [4.78, 5) is 61.1. The number of carbonyl (C=O) groups is 4. The number of aryl methyl sites for hydroxylation is 1. The predicted molar refractivity (Wildman–Crippen MR) is 200 cm³/mol. The van der Waals surface area contributed by atoms with Gasteiger partial charge in [-0.3, -0.25) is 19.1 Å². The van der Waals surface area contributed by atoms with Gasteiger partial charge in [-0.1, -0.05) is 65.5 Å². The molecule has 4 amide bonds. The first-order chi connectivity index (χ1) is 25.2. The molecule has 53 heavy (non-hydrogen) atoms. The second-order valence-electron chi connectivity index (χ2n) is 15.5. The number of alkyl carbamates (subject to hydrolysis) is 1. The highest BCUT2D eigenvalue weighted by Crippen LogP contribution is 2.32. The van der Waals surface area contributed by atoms with Gasteiger partial charge < -0.3 is 25.0 Å². The number of nitrogens with one attached hydrogen (secondary N) is 3. The SMILES string of the molecule is C#C[C@@H](CC)C(NC(=O)[C@@H]1C[C@@H]2CN1C(=O)[C@H](C(C)(C)C)NC(=O)OCCCCCCCCc1ccc3ccnc(c3c1)O2)C(=O)NS(=O)(=O)C1CC1. The number of pyridine rings is 1. The van der Waals surface area contributed by atoms with Crippen molar-refractivity contribution in [3.05, 3.63) is 36.0 Å². The summed E-state index contributed by atoms with van der Waals surface area (Å²) in [6, 6.07) is 4.48. The average Bonchev–Trinajstić information content (AvgIpc) is 3.90. The van der Waals surface area contributed by atoms with Gasteiger partial charge in [-0.15, -0.1) is 12.3 Å². The summed E-state index contributed by atoms with van der Waals surface area (Å²) in [5, 5.41) is 6.51. The van der Waals surface area contributed by atoms with Crippen molar-refractivity contribution >= 4 is 44.6 Å². The summed E-state index contributed by atoms with van der Waals surface area (Å²) in [7, 11) is -3.94. The Bertz CT molecular complexity index is 1820. The zero-order valence-electron chi connectivity index (χ0n) is 31.2. The largest absolute Gasteiger partial charge is 0.472 e. The minimum atomic E-state index is -3.94. The summed E-state index contributed by atoms with van der Waals surface area (Å²) in [6.07, 6.45) is 13.8. The van der Waals surface area contributed by atoms with E-state index in [2.05, 4.69) is 38.4 Å². The second kappa shape index (κ2) is 17.2. The monoisotopic (exact) mass is 751 g/mol. The zero-order valence-corrected chi connectivity index (χ0v) is 32.0. The highest BCUT2D eigenvalue weighted by atomic mass is 32.2. The van der Waals surface area contributed by atoms with E-state index >= 15 is 0 Å². The summed E-state index contributed by atoms with van der Waals surface area (Å²) in [5.41, 5.74) is 0.356. The van der Waals surface area contributed by atoms with Crippen molar-refractivity contribution in [3.8, 4) is 18.2 Å². The van der Waals surface area contributed by atoms with Crippen LogP contribution >= 0.6 is 0 Å². The van der Waals surface area contributed by atoms with Crippen LogP contribution in [0, 0.1) is 23.7 Å². The van der Waals surface area contributed by atoms with Gasteiger partial charge >= 0.3 is 6.09 Å². The Morgan fingerprint density at radius 3 is 2.49 bits per heavy atom. The van der Waals surface area contributed by atoms with Gasteiger partial charge in [0.05, 0.1) is 18.4 Å². The summed E-state index contributed by atoms with van der Waals surface area (Å²) in [5.74, 6) is -0.149. The molecular formula is C39H53N5O8S. The number of hydrogen-bond donors (Lipinski definition) is 3. The zero-order chi connectivity index (χ0) is 38.3. The number of hydrogen-bond acceptors (Lipinski definition) is 9. The molecule has 2 aromatic rings. The standard InChI is InChI=1S/C39H53N5O8S/c1-6-26(7-2)32(35(46)43-53(49,50)29-17-18-29)41-34(45)31-23-28-24-44(31)37(47)33(39(3,4)5)42-38(48)51-21-13-11-9-8-10-12-14-25-15-16-27-19-20-40-36(52-28)30(27)22-25/h1,15-16,19-20,22,26,28-29,31-33H,7-14,17-18,21,23-24H2,2-5H3,(H,41,45)(H,42,48)(H,43,46)/t26-,28+,31-,32?,33+/m0/s1. The second-order valence-corrected chi connectivity index (χ2v) is 17.4. The number of nitrogens with zero attached hydrogens (tertiary/aromatic N) is 2. The molecule has 3 heterocycles. The van der Waals surface area contributed by atoms with Crippen LogP contribution in [-0.2, 0) is 35.6 Å². The number of amides is 4. The lowest BCUT2D eigenvalue weighted by Gasteiger charge is -2.35. The number of carbonyl (C=O) groups excluding carboxylic acids is 4. The van der Waals surface area contributed by atoms with Crippen molar-refractivity contribution in [2.75, 3.05) is 13.2 Å². The highest BCUT2D eigenvalue weighted by molar-refractivity contribution is 7.90. The lowest BCUT2D eigenvalue weighted by molar-refractivity contribution is -0.142. The molecule has 5 atom stereocenters. The first kappa shape index (κ1) is 39.8. The van der Waals surface area contributed by atoms with Gasteiger partial charge in [-0.2, -0.15) is 0 Å². The number of fused-ring (bicyclic) bond motifs is 3. The summed E-state index contributed by atoms with van der Waals surface area (Å²) < 4.78 is 39.5. The van der Waals surface area contributed by atoms with Crippen LogP contribution in [0.5, 0.6) is 5.88 Å². The fraction of sp³-hybridized carbons (Fsp3) is 0.615. The third-order valence-corrected chi connectivity index (χ3v) is 12.1. The van der Waals surface area contributed by atoms with Crippen LogP contribution in [0.25, 0.3) is 10.8 Å². The molecule has 1 aromatic carbocycles. The minimum absolute atomic E-state index is 0.0260. The Balaban J connectivity index is 1.48. The third-order valence-electron chi connectivity index (χ3n) is 10.2. The number of cyclic esters (lactones) is 1. The maximum absolute atomic E-state index is 14.5. The Hall–Kier alpha value is -4.38. The Morgan fingerprint density at radius 1 is 1.09 bits per heavy atom. The van der Waals surface area contributed by atoms with Crippen molar-refractivity contribution in [2.45, 2.75) is 128 Å². The molecule has 3 aliphatic rings. The van der Waals surface area contributed by atoms with E-state index in [0.717, 1.165) is 54.9 Å². The Morgan fingerprint density at radius 2 is 1.81 bits per heavy atom. The normalized spacial score (nSPS) is 23.4. The van der Waals surface area contributed by atoms with Gasteiger partial charge in [0.2, 0.25) is 27.7 Å². The van der Waals surface area contributed by atoms with Crippen molar-refractivity contribution in [2.24, 2.45) is 11.3 Å². The van der Waals surface area contributed by atoms with Crippen LogP contribution in [-0.4, -0.2) is 84.7 Å². The van der Waals surface area contributed by atoms with Crippen molar-refractivity contribution in [3.63, 3.8) is 0 Å². The van der Waals surface area contributed by atoms with E-state index in [0.29, 0.717) is 25.1 Å². The summed E-state index contributed by atoms with van der Waals surface area (Å²) >= 11 is 0. The van der Waals surface area contributed by atoms with E-state index < -0.39 is 74.7 Å². The quantitative estimate of drug-likeness (QED) is 0.348. The van der Waals surface area contributed by atoms with Gasteiger partial charge in [0.25, 0.3) is 5.91 Å². The van der Waals surface area contributed by atoms with Crippen molar-refractivity contribution < 1.29 is 37.1 Å². The van der Waals surface area contributed by atoms with E-state index in [9.17, 15) is 27.6 Å². The summed E-state index contributed by atoms with van der Waals surface area (Å²) in [6.45, 7) is 7.31. The molecule has 13 nitrogen and oxygen atoms in total. The number of benzene rings is 1. The molecule has 1 unspecified atom stereocenters. The molecule has 3 N–H and O–H groups in total. The van der Waals surface area contributed by atoms with E-state index in [1.54, 1.807) is 33.9 Å². The van der Waals surface area contributed by atoms with Gasteiger partial charge in [0.1, 0.15) is 24.2 Å². The number of terminal acetylenes is 1. The molecular weight excluding hydrogens is 699 g/mol. The first-order valence-corrected chi connectivity index (χ1v) is 20.4. The fourth-order valence-electron chi connectivity index (χ4n) is 6.96. The lowest BCUT2D eigenvalue weighted by atomic mass is 9.85. The molecule has 288 valence electrons. The molecule has 0 spiro atoms. The number of rotatable bonds is 7. The molecule has 1 saturated carbocycles. The van der Waals surface area contributed by atoms with E-state index in [-0.39, 0.29) is 26.0 Å². The molecule has 2 aliphatic heterocycles. The molecule has 5 rings (SSSR count). The third kappa shape index (κ3) is 10.2. The maximum Gasteiger partial charge on any atom is 0.407 e. The smallest absolute Gasteiger partial charge is 0.407 e. The average molecular weight is 752 g/mol. The molecule has 1 aromatic heterocycles. The van der Waals surface area contributed by atoms with Crippen LogP contribution in [0.2, 0.25) is 0 Å². The highest BCUT2D eigenvalue weighted by Gasteiger charge is 2.47. The topological polar surface area (TPSA) is 173 Å². The minimum Gasteiger partial charge on any atom is -0.472 e. The predicted octanol–water partition coefficient (Wildman–Crippen LogP) is 4.37. The van der Waals surface area contributed by atoms with Crippen LogP contribution in [0.15, 0.2) is 30.5 Å². The van der Waals surface area contributed by atoms with Crippen LogP contribution in [0.4, 0.5) is 4.79 Å². The molecule has 4 bridgehead atoms. The molecule has 14 heteroatoms. The van der Waals surface area contributed by atoms with Crippen molar-refractivity contribution in [1.29, 1.82) is 0 Å². The van der Waals surface area contributed by atoms with Gasteiger partial charge in [-0.05, 0) is 67.0 Å². The molecule has 1 saturated heterocycles. The Labute approximate surface area is 312 Å². The maximum atomic E-state index is 14.5. The van der Waals surface area contributed by atoms with E-state index in [4.69, 9.17) is 15.9 Å². The van der Waals surface area contributed by atoms with Gasteiger partial charge in [-0.25, -0.2) is 18.2 Å². The fourth-order valence-corrected chi connectivity index (χ4v) is 8.29. The van der Waals surface area contributed by atoms with E-state index in [1.165, 1.54) is 4.90 Å². The van der Waals surface area contributed by atoms with Crippen LogP contribution < -0.4 is 20.1 Å². The van der Waals surface area contributed by atoms with Gasteiger partial charge in [0, 0.05) is 23.9 Å². The van der Waals surface area contributed by atoms with Crippen LogP contribution in [0.1, 0.15) is 97.5 Å². The van der Waals surface area contributed by atoms with Crippen molar-refractivity contribution in [1.82, 2.24) is 25.2 Å². The molecule has 2 fully saturated rings. The molecule has 1 aliphatic carbocycles. The number of ether oxygens (including phenoxy) is 2. The van der Waals surface area contributed by atoms with E-state index in [1.807, 2.05) is 12.1 Å². The lowest BCUT2D eigenvalue weighted by Crippen LogP contribution is -2.60.